The minimum atomic E-state index is -0.193. The molecule has 1 atom stereocenters. The third-order valence-corrected chi connectivity index (χ3v) is 4.13. The first-order valence-electron chi connectivity index (χ1n) is 5.83. The van der Waals surface area contributed by atoms with Crippen LogP contribution in [0.3, 0.4) is 0 Å². The molecule has 2 rings (SSSR count). The van der Waals surface area contributed by atoms with Crippen molar-refractivity contribution in [3.8, 4) is 0 Å². The number of carbonyl (C=O) groups is 1. The van der Waals surface area contributed by atoms with E-state index in [1.54, 1.807) is 11.8 Å². The van der Waals surface area contributed by atoms with Crippen LogP contribution in [-0.2, 0) is 4.74 Å². The van der Waals surface area contributed by atoms with Gasteiger partial charge in [0.1, 0.15) is 0 Å². The van der Waals surface area contributed by atoms with Crippen LogP contribution in [0.15, 0.2) is 35.2 Å². The van der Waals surface area contributed by atoms with Crippen molar-refractivity contribution in [1.29, 1.82) is 0 Å². The highest BCUT2D eigenvalue weighted by Gasteiger charge is 2.29. The summed E-state index contributed by atoms with van der Waals surface area (Å²) in [5, 5.41) is 0. The van der Waals surface area contributed by atoms with Crippen molar-refractivity contribution in [3.63, 3.8) is 0 Å². The van der Waals surface area contributed by atoms with Crippen LogP contribution in [0.2, 0.25) is 0 Å². The van der Waals surface area contributed by atoms with E-state index in [-0.39, 0.29) is 6.09 Å². The number of ether oxygens (including phenoxy) is 1. The van der Waals surface area contributed by atoms with Gasteiger partial charge in [0.25, 0.3) is 0 Å². The van der Waals surface area contributed by atoms with Gasteiger partial charge >= 0.3 is 6.09 Å². The summed E-state index contributed by atoms with van der Waals surface area (Å²) in [5.41, 5.74) is 0. The smallest absolute Gasteiger partial charge is 0.409 e. The fraction of sp³-hybridized carbons (Fsp3) is 0.462. The van der Waals surface area contributed by atoms with Crippen molar-refractivity contribution >= 4 is 17.9 Å². The summed E-state index contributed by atoms with van der Waals surface area (Å²) in [6.07, 6.45) is 1.96. The van der Waals surface area contributed by atoms with E-state index in [1.807, 2.05) is 23.1 Å². The Balaban J connectivity index is 1.88. The maximum absolute atomic E-state index is 11.5. The summed E-state index contributed by atoms with van der Waals surface area (Å²) in [6, 6.07) is 10.6. The Bertz CT molecular complexity index is 369. The zero-order valence-electron chi connectivity index (χ0n) is 9.96. The van der Waals surface area contributed by atoms with E-state index in [1.165, 1.54) is 12.0 Å². The fourth-order valence-electron chi connectivity index (χ4n) is 2.08. The van der Waals surface area contributed by atoms with Crippen molar-refractivity contribution < 1.29 is 9.53 Å². The molecule has 1 aliphatic rings. The zero-order chi connectivity index (χ0) is 12.1. The van der Waals surface area contributed by atoms with Gasteiger partial charge in [-0.05, 0) is 25.0 Å². The Morgan fingerprint density at radius 1 is 1.47 bits per heavy atom. The molecule has 0 aliphatic carbocycles. The van der Waals surface area contributed by atoms with Crippen LogP contribution in [0.1, 0.15) is 12.8 Å². The largest absolute Gasteiger partial charge is 0.453 e. The molecule has 0 N–H and O–H groups in total. The lowest BCUT2D eigenvalue weighted by Crippen LogP contribution is -2.36. The minimum Gasteiger partial charge on any atom is -0.453 e. The molecule has 1 aliphatic heterocycles. The summed E-state index contributed by atoms with van der Waals surface area (Å²) in [4.78, 5) is 14.6. The first-order valence-corrected chi connectivity index (χ1v) is 6.82. The van der Waals surface area contributed by atoms with E-state index in [9.17, 15) is 4.79 Å². The normalized spacial score (nSPS) is 19.4. The van der Waals surface area contributed by atoms with E-state index >= 15 is 0 Å². The van der Waals surface area contributed by atoms with Crippen molar-refractivity contribution in [3.05, 3.63) is 30.3 Å². The van der Waals surface area contributed by atoms with Gasteiger partial charge in [0.05, 0.1) is 7.11 Å². The second-order valence-corrected chi connectivity index (χ2v) is 5.18. The molecule has 1 heterocycles. The van der Waals surface area contributed by atoms with Gasteiger partial charge in [0.15, 0.2) is 0 Å². The lowest BCUT2D eigenvalue weighted by Gasteiger charge is -2.22. The second kappa shape index (κ2) is 5.96. The van der Waals surface area contributed by atoms with Gasteiger partial charge in [-0.1, -0.05) is 18.2 Å². The number of methoxy groups -OCH3 is 1. The molecule has 1 fully saturated rings. The number of thioether (sulfide) groups is 1. The highest BCUT2D eigenvalue weighted by atomic mass is 32.2. The second-order valence-electron chi connectivity index (χ2n) is 4.08. The zero-order valence-corrected chi connectivity index (χ0v) is 10.8. The van der Waals surface area contributed by atoms with Crippen LogP contribution in [0.5, 0.6) is 0 Å². The van der Waals surface area contributed by atoms with Crippen molar-refractivity contribution in [1.82, 2.24) is 4.90 Å². The van der Waals surface area contributed by atoms with Crippen LogP contribution >= 0.6 is 11.8 Å². The van der Waals surface area contributed by atoms with Gasteiger partial charge in [0, 0.05) is 23.2 Å². The third-order valence-electron chi connectivity index (χ3n) is 2.97. The van der Waals surface area contributed by atoms with E-state index < -0.39 is 0 Å². The molecule has 17 heavy (non-hydrogen) atoms. The molecule has 0 aromatic heterocycles. The summed E-state index contributed by atoms with van der Waals surface area (Å²) in [7, 11) is 1.45. The first kappa shape index (κ1) is 12.3. The standard InChI is InChI=1S/C13H17NO2S/c1-16-13(15)14-9-5-6-11(14)10-17-12-7-3-2-4-8-12/h2-4,7-8,11H,5-6,9-10H2,1H3. The van der Waals surface area contributed by atoms with E-state index in [0.717, 1.165) is 25.1 Å². The van der Waals surface area contributed by atoms with Crippen molar-refractivity contribution in [2.75, 3.05) is 19.4 Å². The average Bonchev–Trinajstić information content (AvgIpc) is 2.85. The van der Waals surface area contributed by atoms with Gasteiger partial charge < -0.3 is 9.64 Å². The van der Waals surface area contributed by atoms with Gasteiger partial charge in [-0.15, -0.1) is 11.8 Å². The minimum absolute atomic E-state index is 0.193. The lowest BCUT2D eigenvalue weighted by molar-refractivity contribution is 0.122. The molecule has 1 aromatic carbocycles. The van der Waals surface area contributed by atoms with Gasteiger partial charge in [0.2, 0.25) is 0 Å². The van der Waals surface area contributed by atoms with Crippen LogP contribution < -0.4 is 0 Å². The monoisotopic (exact) mass is 251 g/mol. The van der Waals surface area contributed by atoms with Crippen LogP contribution in [-0.4, -0.2) is 36.4 Å². The molecule has 0 saturated carbocycles. The molecule has 1 saturated heterocycles. The predicted octanol–water partition coefficient (Wildman–Crippen LogP) is 3.01. The molecular formula is C13H17NO2S. The molecule has 0 radical (unpaired) electrons. The van der Waals surface area contributed by atoms with E-state index in [4.69, 9.17) is 4.74 Å². The van der Waals surface area contributed by atoms with Crippen LogP contribution in [0.25, 0.3) is 0 Å². The topological polar surface area (TPSA) is 29.5 Å². The quantitative estimate of drug-likeness (QED) is 0.773. The molecule has 3 nitrogen and oxygen atoms in total. The summed E-state index contributed by atoms with van der Waals surface area (Å²) in [5.74, 6) is 0.944. The molecule has 1 unspecified atom stereocenters. The van der Waals surface area contributed by atoms with Gasteiger partial charge in [-0.2, -0.15) is 0 Å². The maximum Gasteiger partial charge on any atom is 0.409 e. The van der Waals surface area contributed by atoms with Gasteiger partial charge in [-0.25, -0.2) is 4.79 Å². The molecule has 1 aromatic rings. The molecule has 4 heteroatoms. The Morgan fingerprint density at radius 3 is 2.94 bits per heavy atom. The molecule has 92 valence electrons. The average molecular weight is 251 g/mol. The predicted molar refractivity (Wildman–Crippen MR) is 69.3 cm³/mol. The highest BCUT2D eigenvalue weighted by molar-refractivity contribution is 7.99. The number of amides is 1. The van der Waals surface area contributed by atoms with Gasteiger partial charge in [-0.3, -0.25) is 0 Å². The number of rotatable bonds is 3. The first-order chi connectivity index (χ1) is 8.31. The van der Waals surface area contributed by atoms with E-state index in [0.29, 0.717) is 6.04 Å². The number of likely N-dealkylation sites (tertiary alicyclic amines) is 1. The number of hydrogen-bond donors (Lipinski definition) is 0. The Kier molecular flexibility index (Phi) is 4.31. The third kappa shape index (κ3) is 3.16. The van der Waals surface area contributed by atoms with Crippen LogP contribution in [0.4, 0.5) is 4.79 Å². The lowest BCUT2D eigenvalue weighted by atomic mass is 10.2. The number of benzene rings is 1. The van der Waals surface area contributed by atoms with Crippen molar-refractivity contribution in [2.45, 2.75) is 23.8 Å². The maximum atomic E-state index is 11.5. The van der Waals surface area contributed by atoms with Crippen molar-refractivity contribution in [2.24, 2.45) is 0 Å². The molecular weight excluding hydrogens is 234 g/mol. The SMILES string of the molecule is COC(=O)N1CCCC1CSc1ccccc1. The number of hydrogen-bond acceptors (Lipinski definition) is 3. The number of nitrogens with zero attached hydrogens (tertiary/aromatic N) is 1. The Morgan fingerprint density at radius 2 is 2.24 bits per heavy atom. The number of carbonyl (C=O) groups excluding carboxylic acids is 1. The summed E-state index contributed by atoms with van der Waals surface area (Å²) in [6.45, 7) is 0.826. The van der Waals surface area contributed by atoms with E-state index in [2.05, 4.69) is 12.1 Å². The fourth-order valence-corrected chi connectivity index (χ4v) is 3.16. The summed E-state index contributed by atoms with van der Waals surface area (Å²) < 4.78 is 4.79. The molecule has 0 spiro atoms. The Labute approximate surface area is 106 Å². The molecule has 1 amide bonds. The highest BCUT2D eigenvalue weighted by Crippen LogP contribution is 2.25. The summed E-state index contributed by atoms with van der Waals surface area (Å²) >= 11 is 1.80. The van der Waals surface area contributed by atoms with Crippen LogP contribution in [0, 0.1) is 0 Å². The molecule has 0 bridgehead atoms. The Hall–Kier alpha value is -1.16.